The zero-order valence-corrected chi connectivity index (χ0v) is 6.81. The Morgan fingerprint density at radius 2 is 2.50 bits per heavy atom. The van der Waals surface area contributed by atoms with Gasteiger partial charge < -0.3 is 5.73 Å². The minimum atomic E-state index is 0.504. The molecule has 0 amide bonds. The lowest BCUT2D eigenvalue weighted by Gasteiger charge is -2.19. The SMILES string of the molecule is NCCN1C(S)=NNN1Cl. The van der Waals surface area contributed by atoms with Crippen LogP contribution in [0.15, 0.2) is 5.10 Å². The molecule has 0 saturated heterocycles. The summed E-state index contributed by atoms with van der Waals surface area (Å²) in [5.74, 6) is 0. The highest BCUT2D eigenvalue weighted by atomic mass is 35.5. The number of halogens is 1. The fraction of sp³-hybridized carbons (Fsp3) is 0.667. The van der Waals surface area contributed by atoms with Crippen LogP contribution in [0.2, 0.25) is 0 Å². The lowest BCUT2D eigenvalue weighted by molar-refractivity contribution is 0.134. The van der Waals surface area contributed by atoms with Gasteiger partial charge in [-0.25, -0.2) is 10.5 Å². The standard InChI is InChI=1S/C3H8ClN5S/c4-9-7-6-3(10)8(9)2-1-5/h7H,1-2,5H2,(H,6,10). The third-order valence-electron chi connectivity index (χ3n) is 1.02. The molecule has 0 unspecified atom stereocenters. The molecule has 0 fully saturated rings. The molecule has 1 heterocycles. The minimum absolute atomic E-state index is 0.504. The minimum Gasteiger partial charge on any atom is -0.329 e. The van der Waals surface area contributed by atoms with Crippen molar-refractivity contribution in [2.24, 2.45) is 10.8 Å². The summed E-state index contributed by atoms with van der Waals surface area (Å²) in [4.78, 5) is 0. The first-order valence-corrected chi connectivity index (χ1v) is 3.50. The molecule has 0 aromatic rings. The summed E-state index contributed by atoms with van der Waals surface area (Å²) in [5.41, 5.74) is 7.77. The van der Waals surface area contributed by atoms with Crippen LogP contribution in [0, 0.1) is 0 Å². The molecule has 0 atom stereocenters. The fourth-order valence-electron chi connectivity index (χ4n) is 0.586. The zero-order valence-electron chi connectivity index (χ0n) is 5.16. The van der Waals surface area contributed by atoms with Crippen LogP contribution < -0.4 is 11.3 Å². The largest absolute Gasteiger partial charge is 0.329 e. The van der Waals surface area contributed by atoms with E-state index in [1.54, 1.807) is 5.01 Å². The number of nitrogens with two attached hydrogens (primary N) is 1. The van der Waals surface area contributed by atoms with Crippen molar-refractivity contribution >= 4 is 29.6 Å². The van der Waals surface area contributed by atoms with Gasteiger partial charge in [0.05, 0.1) is 6.54 Å². The second kappa shape index (κ2) is 3.29. The highest BCUT2D eigenvalue weighted by molar-refractivity contribution is 7.96. The number of thiol groups is 1. The van der Waals surface area contributed by atoms with E-state index in [4.69, 9.17) is 17.5 Å². The van der Waals surface area contributed by atoms with Crippen LogP contribution in [0.5, 0.6) is 0 Å². The van der Waals surface area contributed by atoms with E-state index in [0.717, 1.165) is 0 Å². The normalized spacial score (nSPS) is 19.1. The number of hydrogen-bond donors (Lipinski definition) is 3. The summed E-state index contributed by atoms with van der Waals surface area (Å²) in [6.45, 7) is 1.10. The maximum Gasteiger partial charge on any atom is 0.198 e. The monoisotopic (exact) mass is 181 g/mol. The van der Waals surface area contributed by atoms with E-state index in [1.165, 1.54) is 4.64 Å². The zero-order chi connectivity index (χ0) is 7.56. The van der Waals surface area contributed by atoms with E-state index in [2.05, 4.69) is 23.3 Å². The van der Waals surface area contributed by atoms with Crippen LogP contribution >= 0.6 is 24.4 Å². The quantitative estimate of drug-likeness (QED) is 0.391. The molecule has 1 aliphatic heterocycles. The van der Waals surface area contributed by atoms with Crippen molar-refractivity contribution in [2.45, 2.75) is 0 Å². The van der Waals surface area contributed by atoms with Gasteiger partial charge in [0.25, 0.3) is 0 Å². The molecule has 58 valence electrons. The molecule has 3 N–H and O–H groups in total. The molecule has 5 nitrogen and oxygen atoms in total. The number of nitrogens with one attached hydrogen (secondary N) is 1. The van der Waals surface area contributed by atoms with Crippen LogP contribution in [-0.4, -0.2) is 27.9 Å². The summed E-state index contributed by atoms with van der Waals surface area (Å²) < 4.78 is 1.20. The van der Waals surface area contributed by atoms with Gasteiger partial charge in [0.1, 0.15) is 0 Å². The molecule has 0 saturated carbocycles. The lowest BCUT2D eigenvalue weighted by Crippen LogP contribution is -2.40. The Kier molecular flexibility index (Phi) is 2.61. The van der Waals surface area contributed by atoms with Gasteiger partial charge in [0.2, 0.25) is 0 Å². The number of hydrogen-bond acceptors (Lipinski definition) is 5. The molecular formula is C3H8ClN5S. The average Bonchev–Trinajstić information content (AvgIpc) is 2.20. The number of rotatable bonds is 2. The molecule has 0 aromatic carbocycles. The molecule has 1 aliphatic rings. The Morgan fingerprint density at radius 3 is 2.90 bits per heavy atom. The van der Waals surface area contributed by atoms with Crippen LogP contribution in [0.25, 0.3) is 0 Å². The van der Waals surface area contributed by atoms with Gasteiger partial charge in [-0.15, -0.1) is 17.7 Å². The van der Waals surface area contributed by atoms with E-state index >= 15 is 0 Å². The molecule has 0 aromatic heterocycles. The smallest absolute Gasteiger partial charge is 0.198 e. The fourth-order valence-corrected chi connectivity index (χ4v) is 1.06. The maximum absolute atomic E-state index is 5.58. The Balaban J connectivity index is 2.47. The van der Waals surface area contributed by atoms with Gasteiger partial charge in [-0.3, -0.25) is 0 Å². The van der Waals surface area contributed by atoms with Gasteiger partial charge >= 0.3 is 0 Å². The molecule has 0 radical (unpaired) electrons. The van der Waals surface area contributed by atoms with E-state index in [0.29, 0.717) is 18.3 Å². The van der Waals surface area contributed by atoms with Gasteiger partial charge in [-0.2, -0.15) is 0 Å². The molecule has 10 heavy (non-hydrogen) atoms. The molecule has 7 heteroatoms. The van der Waals surface area contributed by atoms with E-state index < -0.39 is 0 Å². The first-order valence-electron chi connectivity index (χ1n) is 2.71. The number of hydrazone groups is 1. The average molecular weight is 182 g/mol. The van der Waals surface area contributed by atoms with Gasteiger partial charge in [0, 0.05) is 18.3 Å². The highest BCUT2D eigenvalue weighted by Crippen LogP contribution is 2.07. The topological polar surface area (TPSA) is 56.9 Å². The third kappa shape index (κ3) is 1.46. The first-order chi connectivity index (χ1) is 4.75. The maximum atomic E-state index is 5.58. The predicted molar refractivity (Wildman–Crippen MR) is 43.0 cm³/mol. The van der Waals surface area contributed by atoms with Crippen LogP contribution in [0.4, 0.5) is 0 Å². The first kappa shape index (κ1) is 7.93. The summed E-state index contributed by atoms with van der Waals surface area (Å²) in [6.07, 6.45) is 0. The summed E-state index contributed by atoms with van der Waals surface area (Å²) in [7, 11) is 0. The van der Waals surface area contributed by atoms with Crippen molar-refractivity contribution in [3.63, 3.8) is 0 Å². The van der Waals surface area contributed by atoms with Crippen molar-refractivity contribution in [3.8, 4) is 0 Å². The van der Waals surface area contributed by atoms with Crippen LogP contribution in [-0.2, 0) is 0 Å². The van der Waals surface area contributed by atoms with E-state index in [1.807, 2.05) is 0 Å². The molecular weight excluding hydrogens is 174 g/mol. The molecule has 0 aliphatic carbocycles. The van der Waals surface area contributed by atoms with Crippen molar-refractivity contribution in [3.05, 3.63) is 0 Å². The summed E-state index contributed by atoms with van der Waals surface area (Å²) in [6, 6.07) is 0. The molecule has 0 bridgehead atoms. The Bertz CT molecular complexity index is 150. The predicted octanol–water partition coefficient (Wildman–Crippen LogP) is -0.663. The third-order valence-corrected chi connectivity index (χ3v) is 1.61. The van der Waals surface area contributed by atoms with Gasteiger partial charge in [0.15, 0.2) is 5.17 Å². The van der Waals surface area contributed by atoms with E-state index in [-0.39, 0.29) is 0 Å². The second-order valence-electron chi connectivity index (χ2n) is 1.68. The van der Waals surface area contributed by atoms with E-state index in [9.17, 15) is 0 Å². The van der Waals surface area contributed by atoms with Crippen molar-refractivity contribution < 1.29 is 0 Å². The number of amidine groups is 1. The van der Waals surface area contributed by atoms with Gasteiger partial charge in [-0.05, 0) is 4.64 Å². The van der Waals surface area contributed by atoms with Crippen molar-refractivity contribution in [1.29, 1.82) is 0 Å². The highest BCUT2D eigenvalue weighted by Gasteiger charge is 2.19. The summed E-state index contributed by atoms with van der Waals surface area (Å²) >= 11 is 9.59. The van der Waals surface area contributed by atoms with Crippen molar-refractivity contribution in [2.75, 3.05) is 13.1 Å². The molecule has 1 rings (SSSR count). The Hall–Kier alpha value is -0.170. The van der Waals surface area contributed by atoms with Crippen LogP contribution in [0.3, 0.4) is 0 Å². The molecule has 0 spiro atoms. The summed E-state index contributed by atoms with van der Waals surface area (Å²) in [5, 5.41) is 5.83. The lowest BCUT2D eigenvalue weighted by atomic mass is 10.6. The Morgan fingerprint density at radius 1 is 1.80 bits per heavy atom. The van der Waals surface area contributed by atoms with Crippen LogP contribution in [0.1, 0.15) is 0 Å². The second-order valence-corrected chi connectivity index (χ2v) is 2.40. The Labute approximate surface area is 69.2 Å². The van der Waals surface area contributed by atoms with Gasteiger partial charge in [-0.1, -0.05) is 0 Å². The number of nitrogens with zero attached hydrogens (tertiary/aromatic N) is 3. The number of hydrazine groups is 2. The van der Waals surface area contributed by atoms with Crippen molar-refractivity contribution in [1.82, 2.24) is 15.2 Å².